The minimum absolute atomic E-state index is 0.717. The molecule has 0 radical (unpaired) electrons. The molecule has 102 valence electrons. The van der Waals surface area contributed by atoms with E-state index in [2.05, 4.69) is 30.7 Å². The third-order valence-electron chi connectivity index (χ3n) is 4.28. The summed E-state index contributed by atoms with van der Waals surface area (Å²) in [5.41, 5.74) is 5.64. The van der Waals surface area contributed by atoms with Gasteiger partial charge >= 0.3 is 0 Å². The van der Waals surface area contributed by atoms with Gasteiger partial charge in [-0.2, -0.15) is 0 Å². The molecule has 1 heterocycles. The van der Waals surface area contributed by atoms with E-state index >= 15 is 0 Å². The van der Waals surface area contributed by atoms with Gasteiger partial charge in [0.1, 0.15) is 0 Å². The second kappa shape index (κ2) is 8.06. The molecule has 1 aliphatic rings. The van der Waals surface area contributed by atoms with Crippen LogP contribution < -0.4 is 5.73 Å². The molecule has 17 heavy (non-hydrogen) atoms. The van der Waals surface area contributed by atoms with Crippen LogP contribution in [0.1, 0.15) is 39.5 Å². The van der Waals surface area contributed by atoms with Gasteiger partial charge in [-0.3, -0.25) is 0 Å². The number of nitrogens with two attached hydrogens (primary N) is 1. The van der Waals surface area contributed by atoms with Crippen molar-refractivity contribution in [3.8, 4) is 0 Å². The van der Waals surface area contributed by atoms with E-state index in [1.54, 1.807) is 0 Å². The zero-order chi connectivity index (χ0) is 12.7. The Morgan fingerprint density at radius 3 is 2.65 bits per heavy atom. The molecule has 0 saturated carbocycles. The molecule has 2 unspecified atom stereocenters. The maximum Gasteiger partial charge on any atom is 0.0192 e. The summed E-state index contributed by atoms with van der Waals surface area (Å²) in [6.45, 7) is 10.5. The number of piperazine rings is 1. The van der Waals surface area contributed by atoms with Gasteiger partial charge in [-0.1, -0.05) is 13.3 Å². The van der Waals surface area contributed by atoms with Crippen LogP contribution in [-0.4, -0.2) is 55.6 Å². The van der Waals surface area contributed by atoms with Crippen molar-refractivity contribution in [2.45, 2.75) is 45.6 Å². The molecule has 1 fully saturated rings. The quantitative estimate of drug-likeness (QED) is 0.737. The predicted octanol–water partition coefficient (Wildman–Crippen LogP) is 1.78. The van der Waals surface area contributed by atoms with Crippen molar-refractivity contribution in [2.24, 2.45) is 11.7 Å². The molecule has 1 aliphatic heterocycles. The van der Waals surface area contributed by atoms with Gasteiger partial charge in [-0.05, 0) is 52.2 Å². The highest BCUT2D eigenvalue weighted by Gasteiger charge is 2.20. The van der Waals surface area contributed by atoms with Crippen molar-refractivity contribution < 1.29 is 0 Å². The number of hydrogen-bond donors (Lipinski definition) is 1. The highest BCUT2D eigenvalue weighted by molar-refractivity contribution is 4.76. The first-order valence-corrected chi connectivity index (χ1v) is 7.30. The van der Waals surface area contributed by atoms with E-state index in [9.17, 15) is 0 Å². The Bertz CT molecular complexity index is 196. The van der Waals surface area contributed by atoms with Crippen LogP contribution in [0, 0.1) is 5.92 Å². The van der Waals surface area contributed by atoms with Crippen LogP contribution in [0.15, 0.2) is 0 Å². The van der Waals surface area contributed by atoms with Gasteiger partial charge in [0.05, 0.1) is 0 Å². The molecule has 2 atom stereocenters. The average molecular weight is 241 g/mol. The summed E-state index contributed by atoms with van der Waals surface area (Å²) < 4.78 is 0. The second-order valence-corrected chi connectivity index (χ2v) is 5.62. The minimum Gasteiger partial charge on any atom is -0.330 e. The van der Waals surface area contributed by atoms with Gasteiger partial charge in [-0.25, -0.2) is 0 Å². The van der Waals surface area contributed by atoms with Gasteiger partial charge in [0.15, 0.2) is 0 Å². The molecule has 0 aromatic rings. The molecule has 0 aliphatic carbocycles. The highest BCUT2D eigenvalue weighted by atomic mass is 15.3. The molecule has 2 N–H and O–H groups in total. The van der Waals surface area contributed by atoms with Gasteiger partial charge in [0.25, 0.3) is 0 Å². The zero-order valence-corrected chi connectivity index (χ0v) is 12.0. The molecule has 3 heteroatoms. The summed E-state index contributed by atoms with van der Waals surface area (Å²) in [7, 11) is 2.23. The normalized spacial score (nSPS) is 25.1. The molecule has 0 bridgehead atoms. The van der Waals surface area contributed by atoms with Crippen molar-refractivity contribution in [3.63, 3.8) is 0 Å². The first-order chi connectivity index (χ1) is 8.17. The van der Waals surface area contributed by atoms with Gasteiger partial charge in [-0.15, -0.1) is 0 Å². The number of hydrogen-bond acceptors (Lipinski definition) is 3. The Morgan fingerprint density at radius 1 is 1.29 bits per heavy atom. The van der Waals surface area contributed by atoms with Crippen LogP contribution in [0.5, 0.6) is 0 Å². The summed E-state index contributed by atoms with van der Waals surface area (Å²) >= 11 is 0. The standard InChI is InChI=1S/C14H31N3/c1-4-14(7-8-15)6-5-9-17-11-10-16(3)13(2)12-17/h13-14H,4-12,15H2,1-3H3. The number of rotatable bonds is 7. The van der Waals surface area contributed by atoms with Crippen molar-refractivity contribution in [3.05, 3.63) is 0 Å². The summed E-state index contributed by atoms with van der Waals surface area (Å²) in [5, 5.41) is 0. The monoisotopic (exact) mass is 241 g/mol. The molecule has 1 saturated heterocycles. The van der Waals surface area contributed by atoms with Crippen molar-refractivity contribution in [1.82, 2.24) is 9.80 Å². The molecular formula is C14H31N3. The number of likely N-dealkylation sites (N-methyl/N-ethyl adjacent to an activating group) is 1. The Labute approximate surface area is 107 Å². The Hall–Kier alpha value is -0.120. The molecule has 1 rings (SSSR count). The summed E-state index contributed by atoms with van der Waals surface area (Å²) in [6, 6.07) is 0.717. The van der Waals surface area contributed by atoms with Crippen LogP contribution in [0.25, 0.3) is 0 Å². The van der Waals surface area contributed by atoms with E-state index in [4.69, 9.17) is 5.73 Å². The maximum atomic E-state index is 5.64. The third kappa shape index (κ3) is 5.36. The Morgan fingerprint density at radius 2 is 2.06 bits per heavy atom. The lowest BCUT2D eigenvalue weighted by molar-refractivity contribution is 0.102. The summed E-state index contributed by atoms with van der Waals surface area (Å²) in [5.74, 6) is 0.852. The topological polar surface area (TPSA) is 32.5 Å². The number of nitrogens with zero attached hydrogens (tertiary/aromatic N) is 2. The molecule has 3 nitrogen and oxygen atoms in total. The van der Waals surface area contributed by atoms with E-state index in [0.29, 0.717) is 0 Å². The zero-order valence-electron chi connectivity index (χ0n) is 12.0. The summed E-state index contributed by atoms with van der Waals surface area (Å²) in [6.07, 6.45) is 5.19. The molecule has 0 spiro atoms. The van der Waals surface area contributed by atoms with Crippen LogP contribution in [0.4, 0.5) is 0 Å². The average Bonchev–Trinajstić information content (AvgIpc) is 2.32. The lowest BCUT2D eigenvalue weighted by Gasteiger charge is -2.37. The Kier molecular flexibility index (Phi) is 7.09. The molecular weight excluding hydrogens is 210 g/mol. The lowest BCUT2D eigenvalue weighted by Crippen LogP contribution is -2.50. The molecule has 0 amide bonds. The van der Waals surface area contributed by atoms with Crippen LogP contribution >= 0.6 is 0 Å². The third-order valence-corrected chi connectivity index (χ3v) is 4.28. The van der Waals surface area contributed by atoms with Crippen molar-refractivity contribution in [1.29, 1.82) is 0 Å². The SMILES string of the molecule is CCC(CCN)CCCN1CCN(C)C(C)C1. The van der Waals surface area contributed by atoms with E-state index in [-0.39, 0.29) is 0 Å². The fourth-order valence-electron chi connectivity index (χ4n) is 2.72. The van der Waals surface area contributed by atoms with Gasteiger partial charge in [0.2, 0.25) is 0 Å². The maximum absolute atomic E-state index is 5.64. The second-order valence-electron chi connectivity index (χ2n) is 5.62. The van der Waals surface area contributed by atoms with Crippen LogP contribution in [0.3, 0.4) is 0 Å². The fourth-order valence-corrected chi connectivity index (χ4v) is 2.72. The fraction of sp³-hybridized carbons (Fsp3) is 1.00. The van der Waals surface area contributed by atoms with E-state index < -0.39 is 0 Å². The highest BCUT2D eigenvalue weighted by Crippen LogP contribution is 2.15. The van der Waals surface area contributed by atoms with Crippen LogP contribution in [-0.2, 0) is 0 Å². The van der Waals surface area contributed by atoms with Gasteiger partial charge < -0.3 is 15.5 Å². The largest absolute Gasteiger partial charge is 0.330 e. The van der Waals surface area contributed by atoms with E-state index in [1.165, 1.54) is 51.9 Å². The predicted molar refractivity (Wildman–Crippen MR) is 75.2 cm³/mol. The van der Waals surface area contributed by atoms with Crippen molar-refractivity contribution in [2.75, 3.05) is 39.8 Å². The summed E-state index contributed by atoms with van der Waals surface area (Å²) in [4.78, 5) is 5.08. The van der Waals surface area contributed by atoms with E-state index in [0.717, 1.165) is 18.5 Å². The first kappa shape index (κ1) is 14.9. The Balaban J connectivity index is 2.14. The first-order valence-electron chi connectivity index (χ1n) is 7.30. The minimum atomic E-state index is 0.717. The van der Waals surface area contributed by atoms with E-state index in [1.807, 2.05) is 0 Å². The van der Waals surface area contributed by atoms with Crippen molar-refractivity contribution >= 4 is 0 Å². The van der Waals surface area contributed by atoms with Gasteiger partial charge in [0, 0.05) is 25.7 Å². The smallest absolute Gasteiger partial charge is 0.0192 e. The molecule has 0 aromatic carbocycles. The molecule has 0 aromatic heterocycles. The lowest BCUT2D eigenvalue weighted by atomic mass is 9.96. The van der Waals surface area contributed by atoms with Crippen LogP contribution in [0.2, 0.25) is 0 Å².